The van der Waals surface area contributed by atoms with E-state index in [4.69, 9.17) is 0 Å². The van der Waals surface area contributed by atoms with Gasteiger partial charge in [0, 0.05) is 17.1 Å². The smallest absolute Gasteiger partial charge is 0.0395 e. The molecule has 1 aromatic carbocycles. The summed E-state index contributed by atoms with van der Waals surface area (Å²) < 4.78 is 0. The summed E-state index contributed by atoms with van der Waals surface area (Å²) in [5.74, 6) is 1.10. The zero-order chi connectivity index (χ0) is 7.94. The van der Waals surface area contributed by atoms with Crippen LogP contribution in [0.15, 0.2) is 30.3 Å². The van der Waals surface area contributed by atoms with Gasteiger partial charge in [0.15, 0.2) is 0 Å². The highest BCUT2D eigenvalue weighted by atomic mass is 32.2. The van der Waals surface area contributed by atoms with Crippen LogP contribution in [0, 0.1) is 6.26 Å². The lowest BCUT2D eigenvalue weighted by Gasteiger charge is -1.98. The van der Waals surface area contributed by atoms with Gasteiger partial charge in [-0.15, -0.1) is 11.8 Å². The summed E-state index contributed by atoms with van der Waals surface area (Å²) in [6.07, 6.45) is 3.71. The average Bonchev–Trinajstić information content (AvgIpc) is 2.07. The van der Waals surface area contributed by atoms with E-state index in [0.29, 0.717) is 0 Å². The number of rotatable bonds is 4. The molecule has 11 heavy (non-hydrogen) atoms. The summed E-state index contributed by atoms with van der Waals surface area (Å²) in [6, 6.07) is 10.5. The molecule has 0 aliphatic heterocycles. The van der Waals surface area contributed by atoms with Gasteiger partial charge in [0.2, 0.25) is 0 Å². The lowest BCUT2D eigenvalue weighted by atomic mass is 10.2. The third-order valence-electron chi connectivity index (χ3n) is 1.28. The highest BCUT2D eigenvalue weighted by Crippen LogP contribution is 2.15. The van der Waals surface area contributed by atoms with Crippen LogP contribution in [0.4, 0.5) is 0 Å². The maximum absolute atomic E-state index is 3.71. The van der Waals surface area contributed by atoms with Gasteiger partial charge in [-0.1, -0.05) is 30.3 Å². The molecule has 0 nitrogen and oxygen atoms in total. The van der Waals surface area contributed by atoms with Gasteiger partial charge in [-0.3, -0.25) is 0 Å². The lowest BCUT2D eigenvalue weighted by molar-refractivity contribution is 1.42. The van der Waals surface area contributed by atoms with Crippen LogP contribution < -0.4 is 0 Å². The zero-order valence-electron chi connectivity index (χ0n) is 6.32. The normalized spacial score (nSPS) is 9.91. The van der Waals surface area contributed by atoms with Crippen LogP contribution in [-0.2, 0) is 5.75 Å². The number of thioether (sulfide) groups is 2. The molecule has 2 heteroatoms. The topological polar surface area (TPSA) is 0 Å². The predicted molar refractivity (Wildman–Crippen MR) is 55.6 cm³/mol. The van der Waals surface area contributed by atoms with E-state index in [1.165, 1.54) is 5.56 Å². The summed E-state index contributed by atoms with van der Waals surface area (Å²) in [5.41, 5.74) is 1.39. The van der Waals surface area contributed by atoms with Gasteiger partial charge in [-0.2, -0.15) is 11.8 Å². The Bertz CT molecular complexity index is 184. The second-order valence-electron chi connectivity index (χ2n) is 2.16. The van der Waals surface area contributed by atoms with Crippen LogP contribution in [0.3, 0.4) is 0 Å². The van der Waals surface area contributed by atoms with E-state index < -0.39 is 0 Å². The molecule has 0 aromatic heterocycles. The first kappa shape index (κ1) is 9.01. The van der Waals surface area contributed by atoms with Gasteiger partial charge in [0.25, 0.3) is 0 Å². The van der Waals surface area contributed by atoms with Crippen molar-refractivity contribution in [2.45, 2.75) is 5.75 Å². The van der Waals surface area contributed by atoms with Gasteiger partial charge in [-0.25, -0.2) is 0 Å². The van der Waals surface area contributed by atoms with E-state index >= 15 is 0 Å². The van der Waals surface area contributed by atoms with Crippen molar-refractivity contribution in [2.24, 2.45) is 0 Å². The van der Waals surface area contributed by atoms with Crippen molar-refractivity contribution in [2.75, 3.05) is 5.08 Å². The standard InChI is InChI=1S/C9H11S2/c1-10-8-11-7-9-5-3-2-4-6-9/h2-6H,1,7-8H2. The Kier molecular flexibility index (Phi) is 4.55. The van der Waals surface area contributed by atoms with Crippen molar-refractivity contribution in [1.29, 1.82) is 0 Å². The van der Waals surface area contributed by atoms with Crippen LogP contribution >= 0.6 is 23.5 Å². The summed E-state index contributed by atoms with van der Waals surface area (Å²) >= 11 is 3.54. The predicted octanol–water partition coefficient (Wildman–Crippen LogP) is 3.40. The minimum Gasteiger partial charge on any atom is -0.150 e. The summed E-state index contributed by atoms with van der Waals surface area (Å²) in [5, 5.41) is 1.08. The Hall–Kier alpha value is -0.0800. The Balaban J connectivity index is 2.28. The second kappa shape index (κ2) is 5.56. The molecule has 0 bridgehead atoms. The van der Waals surface area contributed by atoms with Crippen molar-refractivity contribution >= 4 is 23.5 Å². The first-order chi connectivity index (χ1) is 5.43. The van der Waals surface area contributed by atoms with E-state index in [1.54, 1.807) is 11.8 Å². The molecule has 0 saturated heterocycles. The Labute approximate surface area is 76.8 Å². The Morgan fingerprint density at radius 3 is 2.55 bits per heavy atom. The SMILES string of the molecule is [CH2]SCSCc1ccccc1. The molecule has 0 atom stereocenters. The van der Waals surface area contributed by atoms with Crippen molar-refractivity contribution in [3.05, 3.63) is 42.2 Å². The molecule has 59 valence electrons. The van der Waals surface area contributed by atoms with Crippen molar-refractivity contribution < 1.29 is 0 Å². The summed E-state index contributed by atoms with van der Waals surface area (Å²) in [4.78, 5) is 0. The summed E-state index contributed by atoms with van der Waals surface area (Å²) in [7, 11) is 0. The van der Waals surface area contributed by atoms with Crippen molar-refractivity contribution in [1.82, 2.24) is 0 Å². The van der Waals surface area contributed by atoms with Gasteiger partial charge in [-0.05, 0) is 5.56 Å². The van der Waals surface area contributed by atoms with Gasteiger partial charge in [0.1, 0.15) is 0 Å². The van der Waals surface area contributed by atoms with E-state index in [-0.39, 0.29) is 0 Å². The Morgan fingerprint density at radius 1 is 1.18 bits per heavy atom. The second-order valence-corrected chi connectivity index (χ2v) is 4.20. The van der Waals surface area contributed by atoms with Crippen LogP contribution in [0.5, 0.6) is 0 Å². The molecule has 0 N–H and O–H groups in total. The third kappa shape index (κ3) is 3.73. The molecule has 0 aliphatic rings. The molecule has 1 radical (unpaired) electrons. The highest BCUT2D eigenvalue weighted by molar-refractivity contribution is 8.16. The fourth-order valence-corrected chi connectivity index (χ4v) is 2.03. The van der Waals surface area contributed by atoms with E-state index in [2.05, 4.69) is 30.5 Å². The molecular formula is C9H11S2. The molecule has 0 amide bonds. The van der Waals surface area contributed by atoms with E-state index in [9.17, 15) is 0 Å². The van der Waals surface area contributed by atoms with Gasteiger partial charge >= 0.3 is 0 Å². The number of hydrogen-bond acceptors (Lipinski definition) is 2. The maximum Gasteiger partial charge on any atom is 0.0395 e. The van der Waals surface area contributed by atoms with Gasteiger partial charge < -0.3 is 0 Å². The largest absolute Gasteiger partial charge is 0.150 e. The fraction of sp³-hybridized carbons (Fsp3) is 0.222. The fourth-order valence-electron chi connectivity index (χ4n) is 0.793. The summed E-state index contributed by atoms with van der Waals surface area (Å²) in [6.45, 7) is 0. The number of benzene rings is 1. The molecule has 1 rings (SSSR count). The highest BCUT2D eigenvalue weighted by Gasteiger charge is 1.89. The van der Waals surface area contributed by atoms with Crippen molar-refractivity contribution in [3.8, 4) is 0 Å². The molecular weight excluding hydrogens is 172 g/mol. The first-order valence-corrected chi connectivity index (χ1v) is 5.73. The minimum atomic E-state index is 1.08. The third-order valence-corrected chi connectivity index (χ3v) is 3.15. The van der Waals surface area contributed by atoms with Crippen LogP contribution in [-0.4, -0.2) is 5.08 Å². The number of hydrogen-bond donors (Lipinski definition) is 0. The molecule has 0 saturated carbocycles. The van der Waals surface area contributed by atoms with Crippen LogP contribution in [0.2, 0.25) is 0 Å². The van der Waals surface area contributed by atoms with Gasteiger partial charge in [0.05, 0.1) is 0 Å². The van der Waals surface area contributed by atoms with Crippen LogP contribution in [0.25, 0.3) is 0 Å². The quantitative estimate of drug-likeness (QED) is 0.518. The lowest BCUT2D eigenvalue weighted by Crippen LogP contribution is -1.78. The van der Waals surface area contributed by atoms with Crippen molar-refractivity contribution in [3.63, 3.8) is 0 Å². The molecule has 0 fully saturated rings. The average molecular weight is 183 g/mol. The molecule has 0 aliphatic carbocycles. The zero-order valence-corrected chi connectivity index (χ0v) is 7.96. The Morgan fingerprint density at radius 2 is 1.91 bits per heavy atom. The van der Waals surface area contributed by atoms with Crippen LogP contribution in [0.1, 0.15) is 5.56 Å². The monoisotopic (exact) mass is 183 g/mol. The molecule has 0 heterocycles. The maximum atomic E-state index is 3.71. The van der Waals surface area contributed by atoms with E-state index in [1.807, 2.05) is 17.8 Å². The molecule has 0 unspecified atom stereocenters. The van der Waals surface area contributed by atoms with E-state index in [0.717, 1.165) is 10.8 Å². The first-order valence-electron chi connectivity index (χ1n) is 3.42. The minimum absolute atomic E-state index is 1.08. The molecule has 1 aromatic rings. The molecule has 0 spiro atoms.